The molecule has 3 rings (SSSR count). The van der Waals surface area contributed by atoms with E-state index in [4.69, 9.17) is 6.42 Å². The molecule has 2 heterocycles. The summed E-state index contributed by atoms with van der Waals surface area (Å²) in [6.45, 7) is 1.97. The summed E-state index contributed by atoms with van der Waals surface area (Å²) in [4.78, 5) is 18.5. The lowest BCUT2D eigenvalue weighted by Gasteiger charge is -2.20. The number of thiazole rings is 1. The van der Waals surface area contributed by atoms with Crippen LogP contribution in [0.15, 0.2) is 29.6 Å². The lowest BCUT2D eigenvalue weighted by molar-refractivity contribution is 0.225. The molecule has 130 valence electrons. The monoisotopic (exact) mass is 356 g/mol. The van der Waals surface area contributed by atoms with E-state index in [9.17, 15) is 9.90 Å². The van der Waals surface area contributed by atoms with Crippen molar-refractivity contribution in [2.45, 2.75) is 18.9 Å². The molecule has 6 nitrogen and oxygen atoms in total. The fourth-order valence-electron chi connectivity index (χ4n) is 2.84. The number of aliphatic hydroxyl groups is 1. The number of aliphatic hydroxyl groups excluding tert-OH is 1. The van der Waals surface area contributed by atoms with Gasteiger partial charge in [0.1, 0.15) is 5.82 Å². The highest BCUT2D eigenvalue weighted by molar-refractivity contribution is 7.10. The third kappa shape index (κ3) is 4.29. The van der Waals surface area contributed by atoms with Crippen molar-refractivity contribution < 1.29 is 9.90 Å². The number of hydrogen-bond donors (Lipinski definition) is 3. The topological polar surface area (TPSA) is 77.5 Å². The number of urea groups is 1. The van der Waals surface area contributed by atoms with Crippen molar-refractivity contribution in [1.29, 1.82) is 0 Å². The maximum atomic E-state index is 12.1. The van der Waals surface area contributed by atoms with Crippen LogP contribution in [0.4, 0.5) is 16.3 Å². The van der Waals surface area contributed by atoms with Crippen LogP contribution in [0.2, 0.25) is 0 Å². The van der Waals surface area contributed by atoms with E-state index >= 15 is 0 Å². The second-order valence-corrected chi connectivity index (χ2v) is 6.66. The normalized spacial score (nSPS) is 14.8. The molecule has 0 spiro atoms. The lowest BCUT2D eigenvalue weighted by Crippen LogP contribution is -2.34. The Hall–Kier alpha value is -2.56. The molecule has 2 amide bonds. The van der Waals surface area contributed by atoms with Crippen LogP contribution in [0.25, 0.3) is 0 Å². The number of nitrogens with zero attached hydrogens (tertiary/aromatic N) is 2. The molecule has 7 heteroatoms. The molecule has 3 N–H and O–H groups in total. The zero-order valence-corrected chi connectivity index (χ0v) is 14.6. The molecule has 1 saturated heterocycles. The SMILES string of the molecule is C#Cc1nc(NC(=O)NC(CO)c2ccc(N3CCCC3)cc2)cs1. The lowest BCUT2D eigenvalue weighted by atomic mass is 10.1. The summed E-state index contributed by atoms with van der Waals surface area (Å²) in [5, 5.41) is 17.2. The number of amides is 2. The van der Waals surface area contributed by atoms with Crippen LogP contribution in [0, 0.1) is 12.3 Å². The molecule has 2 aromatic rings. The third-order valence-electron chi connectivity index (χ3n) is 4.12. The van der Waals surface area contributed by atoms with Gasteiger partial charge in [0.15, 0.2) is 5.01 Å². The predicted octanol–water partition coefficient (Wildman–Crippen LogP) is 2.58. The molecule has 0 radical (unpaired) electrons. The van der Waals surface area contributed by atoms with E-state index in [2.05, 4.69) is 26.4 Å². The van der Waals surface area contributed by atoms with E-state index in [0.717, 1.165) is 18.7 Å². The summed E-state index contributed by atoms with van der Waals surface area (Å²) in [5.41, 5.74) is 2.02. The Labute approximate surface area is 150 Å². The first-order valence-electron chi connectivity index (χ1n) is 8.15. The average Bonchev–Trinajstić information content (AvgIpc) is 3.31. The highest BCUT2D eigenvalue weighted by Crippen LogP contribution is 2.23. The van der Waals surface area contributed by atoms with Gasteiger partial charge >= 0.3 is 6.03 Å². The van der Waals surface area contributed by atoms with Gasteiger partial charge in [-0.1, -0.05) is 12.1 Å². The summed E-state index contributed by atoms with van der Waals surface area (Å²) in [6.07, 6.45) is 7.71. The first-order valence-corrected chi connectivity index (χ1v) is 9.03. The Morgan fingerprint density at radius 3 is 2.68 bits per heavy atom. The maximum Gasteiger partial charge on any atom is 0.320 e. The van der Waals surface area contributed by atoms with Gasteiger partial charge in [-0.15, -0.1) is 17.8 Å². The number of aromatic nitrogens is 1. The maximum absolute atomic E-state index is 12.1. The van der Waals surface area contributed by atoms with Gasteiger partial charge in [0.05, 0.1) is 12.6 Å². The quantitative estimate of drug-likeness (QED) is 0.720. The Morgan fingerprint density at radius 1 is 1.36 bits per heavy atom. The van der Waals surface area contributed by atoms with Crippen molar-refractivity contribution in [3.63, 3.8) is 0 Å². The van der Waals surface area contributed by atoms with Gasteiger partial charge in [-0.3, -0.25) is 5.32 Å². The largest absolute Gasteiger partial charge is 0.394 e. The van der Waals surface area contributed by atoms with Gasteiger partial charge in [0, 0.05) is 24.2 Å². The first-order chi connectivity index (χ1) is 12.2. The highest BCUT2D eigenvalue weighted by Gasteiger charge is 2.16. The summed E-state index contributed by atoms with van der Waals surface area (Å²) in [7, 11) is 0. The molecular weight excluding hydrogens is 336 g/mol. The molecule has 25 heavy (non-hydrogen) atoms. The van der Waals surface area contributed by atoms with Crippen molar-refractivity contribution in [3.8, 4) is 12.3 Å². The van der Waals surface area contributed by atoms with Crippen molar-refractivity contribution in [1.82, 2.24) is 10.3 Å². The molecule has 0 saturated carbocycles. The number of nitrogens with one attached hydrogen (secondary N) is 2. The fraction of sp³-hybridized carbons (Fsp3) is 0.333. The van der Waals surface area contributed by atoms with Crippen LogP contribution in [-0.2, 0) is 0 Å². The van der Waals surface area contributed by atoms with Crippen molar-refractivity contribution in [2.24, 2.45) is 0 Å². The highest BCUT2D eigenvalue weighted by atomic mass is 32.1. The number of rotatable bonds is 5. The van der Waals surface area contributed by atoms with Crippen molar-refractivity contribution in [2.75, 3.05) is 29.9 Å². The number of benzene rings is 1. The minimum absolute atomic E-state index is 0.191. The van der Waals surface area contributed by atoms with Crippen LogP contribution in [0.3, 0.4) is 0 Å². The van der Waals surface area contributed by atoms with Crippen LogP contribution in [0.1, 0.15) is 29.5 Å². The minimum Gasteiger partial charge on any atom is -0.394 e. The molecule has 1 fully saturated rings. The first kappa shape index (κ1) is 17.3. The number of carbonyl (C=O) groups is 1. The smallest absolute Gasteiger partial charge is 0.320 e. The van der Waals surface area contributed by atoms with Crippen LogP contribution in [0.5, 0.6) is 0 Å². The average molecular weight is 356 g/mol. The van der Waals surface area contributed by atoms with Gasteiger partial charge in [-0.25, -0.2) is 9.78 Å². The van der Waals surface area contributed by atoms with E-state index in [1.54, 1.807) is 5.38 Å². The molecule has 1 atom stereocenters. The van der Waals surface area contributed by atoms with Crippen LogP contribution >= 0.6 is 11.3 Å². The van der Waals surface area contributed by atoms with Gasteiger partial charge in [-0.05, 0) is 36.5 Å². The van der Waals surface area contributed by atoms with Gasteiger partial charge in [-0.2, -0.15) is 0 Å². The van der Waals surface area contributed by atoms with Gasteiger partial charge in [0.2, 0.25) is 0 Å². The van der Waals surface area contributed by atoms with Crippen molar-refractivity contribution >= 4 is 28.9 Å². The summed E-state index contributed by atoms with van der Waals surface area (Å²) in [5.74, 6) is 2.82. The Bertz CT molecular complexity index is 760. The number of carbonyl (C=O) groups excluding carboxylic acids is 1. The molecule has 0 bridgehead atoms. The van der Waals surface area contributed by atoms with Crippen molar-refractivity contribution in [3.05, 3.63) is 40.2 Å². The molecule has 0 aliphatic carbocycles. The molecule has 1 aliphatic heterocycles. The van der Waals surface area contributed by atoms with E-state index in [-0.39, 0.29) is 6.61 Å². The van der Waals surface area contributed by atoms with Gasteiger partial charge in [0.25, 0.3) is 0 Å². The zero-order valence-electron chi connectivity index (χ0n) is 13.7. The van der Waals surface area contributed by atoms with E-state index in [0.29, 0.717) is 10.8 Å². The standard InChI is InChI=1S/C18H20N4O2S/c1-2-17-20-16(12-25-17)21-18(24)19-15(11-23)13-5-7-14(8-6-13)22-9-3-4-10-22/h1,5-8,12,15,23H,3-4,9-11H2,(H2,19,21,24). The van der Waals surface area contributed by atoms with Gasteiger partial charge < -0.3 is 15.3 Å². The van der Waals surface area contributed by atoms with Crippen LogP contribution in [-0.4, -0.2) is 35.8 Å². The summed E-state index contributed by atoms with van der Waals surface area (Å²) >= 11 is 1.28. The molecule has 1 unspecified atom stereocenters. The van der Waals surface area contributed by atoms with Crippen LogP contribution < -0.4 is 15.5 Å². The van der Waals surface area contributed by atoms with E-state index in [1.165, 1.54) is 29.9 Å². The second kappa shape index (κ2) is 8.01. The number of terminal acetylenes is 1. The van der Waals surface area contributed by atoms with E-state index < -0.39 is 12.1 Å². The summed E-state index contributed by atoms with van der Waals surface area (Å²) in [6, 6.07) is 7.02. The fourth-order valence-corrected chi connectivity index (χ4v) is 3.39. The zero-order chi connectivity index (χ0) is 17.6. The molecule has 1 aromatic heterocycles. The Morgan fingerprint density at radius 2 is 2.08 bits per heavy atom. The van der Waals surface area contributed by atoms with E-state index in [1.807, 2.05) is 24.3 Å². The molecule has 1 aromatic carbocycles. The third-order valence-corrected chi connectivity index (χ3v) is 4.90. The number of anilines is 2. The minimum atomic E-state index is -0.488. The Balaban J connectivity index is 1.61. The molecular formula is C18H20N4O2S. The number of hydrogen-bond acceptors (Lipinski definition) is 5. The molecule has 1 aliphatic rings. The predicted molar refractivity (Wildman–Crippen MR) is 99.9 cm³/mol. The second-order valence-electron chi connectivity index (χ2n) is 5.80. The summed E-state index contributed by atoms with van der Waals surface area (Å²) < 4.78 is 0. The Kier molecular flexibility index (Phi) is 5.53.